The normalized spacial score (nSPS) is 14.3. The SMILES string of the molecule is CC(C)[Si](Oc1c2c(c(C/C(N)=N/O)c3cc(Cc4ccc(F)cc4)cnc13)CN(C)C2=O)(C(C)C)C(C)C. The van der Waals surface area contributed by atoms with Crippen LogP contribution in [-0.2, 0) is 19.4 Å². The van der Waals surface area contributed by atoms with Gasteiger partial charge in [-0.3, -0.25) is 9.78 Å². The number of halogens is 1. The van der Waals surface area contributed by atoms with E-state index in [9.17, 15) is 14.4 Å². The third-order valence-corrected chi connectivity index (χ3v) is 14.1. The second-order valence-electron chi connectivity index (χ2n) is 11.6. The first-order chi connectivity index (χ1) is 18.4. The molecule has 0 atom stereocenters. The number of carbonyl (C=O) groups excluding carboxylic acids is 1. The van der Waals surface area contributed by atoms with E-state index in [1.807, 2.05) is 6.07 Å². The van der Waals surface area contributed by atoms with Gasteiger partial charge in [0.1, 0.15) is 22.9 Å². The number of hydrogen-bond acceptors (Lipinski definition) is 5. The Bertz CT molecular complexity index is 1400. The summed E-state index contributed by atoms with van der Waals surface area (Å²) >= 11 is 0. The molecular formula is C30H39FN4O3Si. The van der Waals surface area contributed by atoms with E-state index < -0.39 is 8.32 Å². The molecule has 208 valence electrons. The highest BCUT2D eigenvalue weighted by atomic mass is 28.4. The van der Waals surface area contributed by atoms with Crippen molar-refractivity contribution in [3.8, 4) is 5.75 Å². The van der Waals surface area contributed by atoms with E-state index in [0.717, 1.165) is 27.6 Å². The van der Waals surface area contributed by atoms with Crippen molar-refractivity contribution in [3.05, 3.63) is 70.2 Å². The highest BCUT2D eigenvalue weighted by Crippen LogP contribution is 2.47. The highest BCUT2D eigenvalue weighted by molar-refractivity contribution is 6.78. The molecule has 0 aliphatic carbocycles. The maximum Gasteiger partial charge on any atom is 0.258 e. The van der Waals surface area contributed by atoms with E-state index in [2.05, 4.69) is 46.7 Å². The minimum Gasteiger partial charge on any atom is -0.541 e. The van der Waals surface area contributed by atoms with Crippen molar-refractivity contribution in [1.29, 1.82) is 0 Å². The molecule has 39 heavy (non-hydrogen) atoms. The van der Waals surface area contributed by atoms with Gasteiger partial charge in [0, 0.05) is 31.6 Å². The van der Waals surface area contributed by atoms with E-state index >= 15 is 0 Å². The van der Waals surface area contributed by atoms with Gasteiger partial charge in [-0.1, -0.05) is 58.8 Å². The molecule has 7 nitrogen and oxygen atoms in total. The zero-order chi connectivity index (χ0) is 28.6. The summed E-state index contributed by atoms with van der Waals surface area (Å²) in [6.07, 6.45) is 2.52. The van der Waals surface area contributed by atoms with Gasteiger partial charge in [-0.15, -0.1) is 0 Å². The Hall–Kier alpha value is -3.46. The maximum atomic E-state index is 13.6. The molecule has 0 radical (unpaired) electrons. The third-order valence-electron chi connectivity index (χ3n) is 8.13. The van der Waals surface area contributed by atoms with Gasteiger partial charge in [-0.05, 0) is 63.5 Å². The predicted molar refractivity (Wildman–Crippen MR) is 156 cm³/mol. The lowest BCUT2D eigenvalue weighted by atomic mass is 9.93. The molecule has 1 aliphatic rings. The number of amidine groups is 1. The lowest BCUT2D eigenvalue weighted by molar-refractivity contribution is 0.0815. The second-order valence-corrected chi connectivity index (χ2v) is 16.9. The number of nitrogens with zero attached hydrogens (tertiary/aromatic N) is 3. The molecule has 1 aliphatic heterocycles. The number of oxime groups is 1. The summed E-state index contributed by atoms with van der Waals surface area (Å²) in [5.74, 6) is 0.205. The maximum absolute atomic E-state index is 13.6. The largest absolute Gasteiger partial charge is 0.541 e. The van der Waals surface area contributed by atoms with Gasteiger partial charge >= 0.3 is 0 Å². The lowest BCUT2D eigenvalue weighted by Gasteiger charge is -2.42. The quantitative estimate of drug-likeness (QED) is 0.106. The van der Waals surface area contributed by atoms with Gasteiger partial charge in [-0.2, -0.15) is 0 Å². The van der Waals surface area contributed by atoms with Crippen LogP contribution >= 0.6 is 0 Å². The fourth-order valence-electron chi connectivity index (χ4n) is 6.37. The summed E-state index contributed by atoms with van der Waals surface area (Å²) in [5.41, 5.74) is 11.6. The average molecular weight is 551 g/mol. The Morgan fingerprint density at radius 3 is 2.31 bits per heavy atom. The zero-order valence-corrected chi connectivity index (χ0v) is 24.9. The number of pyridine rings is 1. The minimum absolute atomic E-state index is 0.0494. The number of carbonyl (C=O) groups is 1. The molecule has 0 bridgehead atoms. The van der Waals surface area contributed by atoms with Crippen LogP contribution in [0.3, 0.4) is 0 Å². The predicted octanol–water partition coefficient (Wildman–Crippen LogP) is 6.39. The van der Waals surface area contributed by atoms with Crippen LogP contribution in [-0.4, -0.2) is 42.2 Å². The number of benzene rings is 2. The van der Waals surface area contributed by atoms with Gasteiger partial charge < -0.3 is 20.3 Å². The first-order valence-electron chi connectivity index (χ1n) is 13.5. The van der Waals surface area contributed by atoms with Gasteiger partial charge in [-0.25, -0.2) is 4.39 Å². The summed E-state index contributed by atoms with van der Waals surface area (Å²) in [5, 5.41) is 13.4. The molecule has 0 unspecified atom stereocenters. The van der Waals surface area contributed by atoms with Crippen LogP contribution < -0.4 is 10.2 Å². The standard InChI is InChI=1S/C30H39FN4O3Si/c1-17(2)39(18(3)4,19(5)6)38-29-27-25(16-35(7)30(27)36)23(14-26(32)34-37)24-13-21(15-33-28(24)29)12-20-8-10-22(31)11-9-20/h8-11,13,15,17-19,37H,12,14,16H2,1-7H3,(H2,32,34). The van der Waals surface area contributed by atoms with Crippen molar-refractivity contribution in [1.82, 2.24) is 9.88 Å². The van der Waals surface area contributed by atoms with Gasteiger partial charge in [0.05, 0.1) is 5.56 Å². The van der Waals surface area contributed by atoms with Crippen LogP contribution in [0.1, 0.15) is 74.2 Å². The average Bonchev–Trinajstić information content (AvgIpc) is 3.18. The molecule has 3 N–H and O–H groups in total. The number of fused-ring (bicyclic) bond motifs is 2. The van der Waals surface area contributed by atoms with Crippen molar-refractivity contribution in [2.24, 2.45) is 10.9 Å². The Kier molecular flexibility index (Phi) is 8.02. The molecule has 0 fully saturated rings. The summed E-state index contributed by atoms with van der Waals surface area (Å²) in [7, 11) is -0.678. The smallest absolute Gasteiger partial charge is 0.258 e. The van der Waals surface area contributed by atoms with Crippen LogP contribution in [0.5, 0.6) is 5.75 Å². The summed E-state index contributed by atoms with van der Waals surface area (Å²) in [6.45, 7) is 13.7. The molecular weight excluding hydrogens is 511 g/mol. The summed E-state index contributed by atoms with van der Waals surface area (Å²) in [4.78, 5) is 20.2. The molecule has 1 amide bonds. The van der Waals surface area contributed by atoms with Crippen molar-refractivity contribution >= 4 is 31.0 Å². The Morgan fingerprint density at radius 1 is 1.13 bits per heavy atom. The minimum atomic E-state index is -2.45. The molecule has 0 saturated heterocycles. The molecule has 3 aromatic rings. The fourth-order valence-corrected chi connectivity index (χ4v) is 11.6. The van der Waals surface area contributed by atoms with Crippen molar-refractivity contribution in [2.75, 3.05) is 7.05 Å². The Labute approximate surface area is 231 Å². The molecule has 1 aromatic heterocycles. The van der Waals surface area contributed by atoms with Gasteiger partial charge in [0.15, 0.2) is 0 Å². The topological polar surface area (TPSA) is 101 Å². The van der Waals surface area contributed by atoms with Gasteiger partial charge in [0.25, 0.3) is 14.2 Å². The van der Waals surface area contributed by atoms with Crippen LogP contribution in [0.4, 0.5) is 4.39 Å². The van der Waals surface area contributed by atoms with Crippen molar-refractivity contribution in [2.45, 2.75) is 77.6 Å². The molecule has 2 aromatic carbocycles. The van der Waals surface area contributed by atoms with Crippen LogP contribution in [0.15, 0.2) is 41.7 Å². The van der Waals surface area contributed by atoms with E-state index in [1.54, 1.807) is 30.3 Å². The number of hydrogen-bond donors (Lipinski definition) is 2. The number of rotatable bonds is 9. The van der Waals surface area contributed by atoms with E-state index in [0.29, 0.717) is 46.4 Å². The van der Waals surface area contributed by atoms with Crippen molar-refractivity contribution in [3.63, 3.8) is 0 Å². The molecule has 2 heterocycles. The zero-order valence-electron chi connectivity index (χ0n) is 23.9. The first-order valence-corrected chi connectivity index (χ1v) is 15.7. The summed E-state index contributed by atoms with van der Waals surface area (Å²) in [6, 6.07) is 8.46. The van der Waals surface area contributed by atoms with Gasteiger partial charge in [0.2, 0.25) is 0 Å². The number of amides is 1. The Balaban J connectivity index is 2.02. The van der Waals surface area contributed by atoms with E-state index in [4.69, 9.17) is 15.1 Å². The fraction of sp³-hybridized carbons (Fsp3) is 0.433. The van der Waals surface area contributed by atoms with E-state index in [-0.39, 0.29) is 24.0 Å². The number of nitrogens with two attached hydrogens (primary N) is 1. The van der Waals surface area contributed by atoms with E-state index in [1.165, 1.54) is 12.1 Å². The molecule has 4 rings (SSSR count). The lowest BCUT2D eigenvalue weighted by Crippen LogP contribution is -2.51. The third kappa shape index (κ3) is 5.12. The number of aromatic nitrogens is 1. The first kappa shape index (κ1) is 28.5. The van der Waals surface area contributed by atoms with Crippen LogP contribution in [0, 0.1) is 5.82 Å². The monoisotopic (exact) mass is 550 g/mol. The Morgan fingerprint density at radius 2 is 1.74 bits per heavy atom. The highest BCUT2D eigenvalue weighted by Gasteiger charge is 2.48. The second kappa shape index (κ2) is 11.0. The molecule has 0 spiro atoms. The van der Waals surface area contributed by atoms with Crippen LogP contribution in [0.2, 0.25) is 16.6 Å². The molecule has 9 heteroatoms. The van der Waals surface area contributed by atoms with Crippen molar-refractivity contribution < 1.29 is 18.8 Å². The van der Waals surface area contributed by atoms with Crippen LogP contribution in [0.25, 0.3) is 10.9 Å². The molecule has 0 saturated carbocycles. The summed E-state index contributed by atoms with van der Waals surface area (Å²) < 4.78 is 20.7.